The quantitative estimate of drug-likeness (QED) is 0.886. The number of aliphatic carboxylic acids is 1. The van der Waals surface area contributed by atoms with Crippen LogP contribution in [0.3, 0.4) is 0 Å². The molecule has 1 aromatic rings. The summed E-state index contributed by atoms with van der Waals surface area (Å²) in [5, 5.41) is 12.2. The molecule has 2 heterocycles. The van der Waals surface area contributed by atoms with Crippen molar-refractivity contribution >= 4 is 17.6 Å². The number of benzene rings is 1. The summed E-state index contributed by atoms with van der Waals surface area (Å²) in [6.07, 6.45) is 0.834. The largest absolute Gasteiger partial charge is 0.497 e. The molecule has 0 aromatic heterocycles. The minimum atomic E-state index is -0.959. The molecule has 2 saturated heterocycles. The lowest BCUT2D eigenvalue weighted by Crippen LogP contribution is -2.41. The summed E-state index contributed by atoms with van der Waals surface area (Å²) in [7, 11) is 1.58. The van der Waals surface area contributed by atoms with Gasteiger partial charge in [0.1, 0.15) is 5.75 Å². The number of hydrogen-bond acceptors (Lipinski definition) is 4. The number of fused-ring (bicyclic) bond motifs is 2. The molecule has 0 unspecified atom stereocenters. The van der Waals surface area contributed by atoms with Gasteiger partial charge in [0.25, 0.3) is 0 Å². The highest BCUT2D eigenvalue weighted by molar-refractivity contribution is 5.96. The van der Waals surface area contributed by atoms with Crippen molar-refractivity contribution in [2.24, 2.45) is 11.8 Å². The third-order valence-corrected chi connectivity index (χ3v) is 4.55. The maximum atomic E-state index is 12.5. The first-order chi connectivity index (χ1) is 10.5. The minimum Gasteiger partial charge on any atom is -0.497 e. The third kappa shape index (κ3) is 2.43. The lowest BCUT2D eigenvalue weighted by Gasteiger charge is -2.24. The SMILES string of the molecule is COc1ccc(NC(=O)[C@H]2[C@H](C(=O)O)[C@H]3CC[C@H]2O3)c(C)c1. The number of hydrogen-bond donors (Lipinski definition) is 2. The zero-order valence-electron chi connectivity index (χ0n) is 12.5. The van der Waals surface area contributed by atoms with Gasteiger partial charge >= 0.3 is 5.97 Å². The molecule has 4 atom stereocenters. The number of amides is 1. The zero-order chi connectivity index (χ0) is 15.9. The highest BCUT2D eigenvalue weighted by atomic mass is 16.5. The van der Waals surface area contributed by atoms with Crippen LogP contribution in [0.5, 0.6) is 5.75 Å². The van der Waals surface area contributed by atoms with Gasteiger partial charge in [-0.1, -0.05) is 0 Å². The first-order valence-corrected chi connectivity index (χ1v) is 7.35. The molecule has 118 valence electrons. The highest BCUT2D eigenvalue weighted by Gasteiger charge is 2.55. The molecule has 2 aliphatic rings. The van der Waals surface area contributed by atoms with Gasteiger partial charge in [0, 0.05) is 5.69 Å². The minimum absolute atomic E-state index is 0.284. The molecule has 2 aliphatic heterocycles. The molecule has 0 saturated carbocycles. The van der Waals surface area contributed by atoms with Crippen molar-refractivity contribution < 1.29 is 24.2 Å². The number of aryl methyl sites for hydroxylation is 1. The second kappa shape index (κ2) is 5.61. The molecule has 22 heavy (non-hydrogen) atoms. The number of carboxylic acids is 1. The van der Waals surface area contributed by atoms with E-state index in [1.807, 2.05) is 13.0 Å². The predicted octanol–water partition coefficient (Wildman–Crippen LogP) is 1.82. The summed E-state index contributed by atoms with van der Waals surface area (Å²) < 4.78 is 10.8. The van der Waals surface area contributed by atoms with E-state index in [1.165, 1.54) is 0 Å². The Bertz CT molecular complexity index is 615. The molecular formula is C16H19NO5. The number of nitrogens with one attached hydrogen (secondary N) is 1. The first kappa shape index (κ1) is 14.8. The van der Waals surface area contributed by atoms with E-state index in [0.717, 1.165) is 12.0 Å². The Kier molecular flexibility index (Phi) is 3.78. The van der Waals surface area contributed by atoms with E-state index in [4.69, 9.17) is 9.47 Å². The molecule has 3 rings (SSSR count). The topological polar surface area (TPSA) is 84.9 Å². The number of methoxy groups -OCH3 is 1. The van der Waals surface area contributed by atoms with Crippen molar-refractivity contribution in [3.05, 3.63) is 23.8 Å². The van der Waals surface area contributed by atoms with E-state index in [-0.39, 0.29) is 18.1 Å². The van der Waals surface area contributed by atoms with Crippen LogP contribution in [-0.2, 0) is 14.3 Å². The average molecular weight is 305 g/mol. The Morgan fingerprint density at radius 3 is 2.55 bits per heavy atom. The average Bonchev–Trinajstić information content (AvgIpc) is 3.09. The summed E-state index contributed by atoms with van der Waals surface area (Å²) in [6, 6.07) is 5.34. The van der Waals surface area contributed by atoms with Crippen LogP contribution in [0, 0.1) is 18.8 Å². The standard InChI is InChI=1S/C16H19NO5/c1-8-7-9(21-2)3-4-10(8)17-15(18)13-11-5-6-12(22-11)14(13)16(19)20/h3-4,7,11-14H,5-6H2,1-2H3,(H,17,18)(H,19,20)/t11-,12-,13-,14-/m1/s1. The van der Waals surface area contributed by atoms with Gasteiger partial charge in [0.15, 0.2) is 0 Å². The fourth-order valence-electron chi connectivity index (χ4n) is 3.44. The van der Waals surface area contributed by atoms with E-state index in [0.29, 0.717) is 17.9 Å². The Morgan fingerprint density at radius 2 is 1.95 bits per heavy atom. The van der Waals surface area contributed by atoms with Crippen LogP contribution < -0.4 is 10.1 Å². The van der Waals surface area contributed by atoms with Crippen LogP contribution in [-0.4, -0.2) is 36.3 Å². The number of carboxylic acid groups (broad SMARTS) is 1. The van der Waals surface area contributed by atoms with Gasteiger partial charge in [-0.2, -0.15) is 0 Å². The summed E-state index contributed by atoms with van der Waals surface area (Å²) in [5.41, 5.74) is 1.53. The van der Waals surface area contributed by atoms with Crippen molar-refractivity contribution in [3.8, 4) is 5.75 Å². The van der Waals surface area contributed by atoms with Crippen molar-refractivity contribution in [2.45, 2.75) is 32.0 Å². The Morgan fingerprint density at radius 1 is 1.27 bits per heavy atom. The van der Waals surface area contributed by atoms with E-state index in [2.05, 4.69) is 5.32 Å². The van der Waals surface area contributed by atoms with Gasteiger partial charge in [-0.15, -0.1) is 0 Å². The number of carbonyl (C=O) groups is 2. The summed E-state index contributed by atoms with van der Waals surface area (Å²) >= 11 is 0. The van der Waals surface area contributed by atoms with Crippen molar-refractivity contribution in [1.29, 1.82) is 0 Å². The normalized spacial score (nSPS) is 29.4. The summed E-state index contributed by atoms with van der Waals surface area (Å²) in [4.78, 5) is 24.0. The fourth-order valence-corrected chi connectivity index (χ4v) is 3.44. The van der Waals surface area contributed by atoms with Crippen LogP contribution in [0.15, 0.2) is 18.2 Å². The molecule has 2 bridgehead atoms. The Hall–Kier alpha value is -2.08. The predicted molar refractivity (Wildman–Crippen MR) is 78.9 cm³/mol. The number of carbonyl (C=O) groups excluding carboxylic acids is 1. The lowest BCUT2D eigenvalue weighted by atomic mass is 9.78. The molecule has 2 N–H and O–H groups in total. The van der Waals surface area contributed by atoms with E-state index in [9.17, 15) is 14.7 Å². The Labute approximate surface area is 128 Å². The van der Waals surface area contributed by atoms with Gasteiger partial charge < -0.3 is 19.9 Å². The molecule has 2 fully saturated rings. The van der Waals surface area contributed by atoms with Gasteiger partial charge in [-0.05, 0) is 43.5 Å². The monoisotopic (exact) mass is 305 g/mol. The second-order valence-corrected chi connectivity index (χ2v) is 5.85. The zero-order valence-corrected chi connectivity index (χ0v) is 12.5. The molecular weight excluding hydrogens is 286 g/mol. The number of anilines is 1. The number of ether oxygens (including phenoxy) is 2. The third-order valence-electron chi connectivity index (χ3n) is 4.55. The first-order valence-electron chi connectivity index (χ1n) is 7.35. The van der Waals surface area contributed by atoms with Crippen LogP contribution >= 0.6 is 0 Å². The highest BCUT2D eigenvalue weighted by Crippen LogP contribution is 2.44. The lowest BCUT2D eigenvalue weighted by molar-refractivity contribution is -0.147. The molecule has 0 aliphatic carbocycles. The smallest absolute Gasteiger partial charge is 0.310 e. The van der Waals surface area contributed by atoms with Crippen molar-refractivity contribution in [3.63, 3.8) is 0 Å². The van der Waals surface area contributed by atoms with Gasteiger partial charge in [-0.25, -0.2) is 0 Å². The molecule has 1 aromatic carbocycles. The van der Waals surface area contributed by atoms with E-state index >= 15 is 0 Å². The fraction of sp³-hybridized carbons (Fsp3) is 0.500. The van der Waals surface area contributed by atoms with Crippen LogP contribution in [0.1, 0.15) is 18.4 Å². The van der Waals surface area contributed by atoms with Crippen LogP contribution in [0.2, 0.25) is 0 Å². The molecule has 0 radical (unpaired) electrons. The second-order valence-electron chi connectivity index (χ2n) is 5.85. The molecule has 1 amide bonds. The van der Waals surface area contributed by atoms with Crippen molar-refractivity contribution in [2.75, 3.05) is 12.4 Å². The molecule has 6 nitrogen and oxygen atoms in total. The van der Waals surface area contributed by atoms with Gasteiger partial charge in [0.05, 0.1) is 31.2 Å². The molecule has 0 spiro atoms. The van der Waals surface area contributed by atoms with Gasteiger partial charge in [-0.3, -0.25) is 9.59 Å². The maximum Gasteiger partial charge on any atom is 0.310 e. The molecule has 6 heteroatoms. The Balaban J connectivity index is 1.78. The maximum absolute atomic E-state index is 12.5. The van der Waals surface area contributed by atoms with E-state index in [1.54, 1.807) is 19.2 Å². The van der Waals surface area contributed by atoms with Gasteiger partial charge in [0.2, 0.25) is 5.91 Å². The summed E-state index contributed by atoms with van der Waals surface area (Å²) in [5.74, 6) is -1.91. The van der Waals surface area contributed by atoms with E-state index < -0.39 is 17.8 Å². The van der Waals surface area contributed by atoms with Crippen LogP contribution in [0.4, 0.5) is 5.69 Å². The van der Waals surface area contributed by atoms with Crippen LogP contribution in [0.25, 0.3) is 0 Å². The van der Waals surface area contributed by atoms with Crippen molar-refractivity contribution in [1.82, 2.24) is 0 Å². The number of rotatable bonds is 4. The summed E-state index contributed by atoms with van der Waals surface area (Å²) in [6.45, 7) is 1.87.